The van der Waals surface area contributed by atoms with Gasteiger partial charge in [0.2, 0.25) is 10.0 Å². The van der Waals surface area contributed by atoms with Gasteiger partial charge in [-0.3, -0.25) is 4.79 Å². The van der Waals surface area contributed by atoms with Crippen LogP contribution in [-0.4, -0.2) is 38.2 Å². The molecule has 0 radical (unpaired) electrons. The van der Waals surface area contributed by atoms with Gasteiger partial charge < -0.3 is 9.84 Å². The third-order valence-corrected chi connectivity index (χ3v) is 4.84. The van der Waals surface area contributed by atoms with Crippen LogP contribution in [-0.2, 0) is 19.6 Å². The van der Waals surface area contributed by atoms with Crippen molar-refractivity contribution in [2.75, 3.05) is 13.2 Å². The number of aliphatic carboxylic acids is 1. The second-order valence-electron chi connectivity index (χ2n) is 4.68. The Kier molecular flexibility index (Phi) is 4.26. The molecule has 1 aromatic carbocycles. The first-order chi connectivity index (χ1) is 9.77. The molecule has 9 heteroatoms. The Morgan fingerprint density at radius 2 is 1.90 bits per heavy atom. The van der Waals surface area contributed by atoms with Gasteiger partial charge in [-0.15, -0.1) is 0 Å². The number of benzene rings is 1. The van der Waals surface area contributed by atoms with Gasteiger partial charge in [0.15, 0.2) is 0 Å². The van der Waals surface area contributed by atoms with E-state index in [9.17, 15) is 27.1 Å². The zero-order valence-electron chi connectivity index (χ0n) is 10.8. The van der Waals surface area contributed by atoms with Crippen molar-refractivity contribution < 1.29 is 31.8 Å². The van der Waals surface area contributed by atoms with Gasteiger partial charge in [-0.2, -0.15) is 4.72 Å². The van der Waals surface area contributed by atoms with Crippen molar-refractivity contribution in [3.05, 3.63) is 29.8 Å². The van der Waals surface area contributed by atoms with E-state index in [1.807, 2.05) is 4.72 Å². The molecule has 1 heterocycles. The average molecular weight is 321 g/mol. The van der Waals surface area contributed by atoms with Crippen LogP contribution in [0.1, 0.15) is 12.8 Å². The molecule has 1 aromatic rings. The summed E-state index contributed by atoms with van der Waals surface area (Å²) in [5.41, 5.74) is -1.75. The van der Waals surface area contributed by atoms with Crippen LogP contribution in [0.4, 0.5) is 8.78 Å². The Balaban J connectivity index is 2.37. The molecule has 1 saturated heterocycles. The summed E-state index contributed by atoms with van der Waals surface area (Å²) in [6.45, 7) is 0.140. The highest BCUT2D eigenvalue weighted by Crippen LogP contribution is 2.25. The summed E-state index contributed by atoms with van der Waals surface area (Å²) in [4.78, 5) is 10.6. The second-order valence-corrected chi connectivity index (χ2v) is 6.33. The summed E-state index contributed by atoms with van der Waals surface area (Å²) in [5, 5.41) is 9.28. The van der Waals surface area contributed by atoms with Crippen LogP contribution in [0.5, 0.6) is 0 Å². The number of nitrogens with one attached hydrogen (secondary N) is 1. The van der Waals surface area contributed by atoms with Crippen molar-refractivity contribution in [3.63, 3.8) is 0 Å². The van der Waals surface area contributed by atoms with Crippen molar-refractivity contribution in [2.24, 2.45) is 0 Å². The van der Waals surface area contributed by atoms with Crippen LogP contribution in [0.25, 0.3) is 0 Å². The van der Waals surface area contributed by atoms with Crippen LogP contribution < -0.4 is 4.72 Å². The zero-order chi connectivity index (χ0) is 15.7. The smallest absolute Gasteiger partial charge is 0.325 e. The molecule has 116 valence electrons. The lowest BCUT2D eigenvalue weighted by molar-refractivity contribution is -0.147. The van der Waals surface area contributed by atoms with Gasteiger partial charge in [-0.05, 0) is 12.1 Å². The minimum absolute atomic E-state index is 0.0702. The normalized spacial score (nSPS) is 18.4. The fourth-order valence-electron chi connectivity index (χ4n) is 2.08. The highest BCUT2D eigenvalue weighted by atomic mass is 32.2. The van der Waals surface area contributed by atoms with Gasteiger partial charge in [0, 0.05) is 32.1 Å². The number of carboxylic acid groups (broad SMARTS) is 1. The molecular weight excluding hydrogens is 308 g/mol. The molecule has 0 amide bonds. The summed E-state index contributed by atoms with van der Waals surface area (Å²) in [6, 6.07) is 1.96. The fourth-order valence-corrected chi connectivity index (χ4v) is 3.56. The quantitative estimate of drug-likeness (QED) is 0.859. The van der Waals surface area contributed by atoms with Gasteiger partial charge in [-0.25, -0.2) is 17.2 Å². The summed E-state index contributed by atoms with van der Waals surface area (Å²) in [7, 11) is -4.44. The number of sulfonamides is 1. The number of carboxylic acids is 1. The lowest BCUT2D eigenvalue weighted by Crippen LogP contribution is -2.57. The van der Waals surface area contributed by atoms with E-state index in [0.717, 1.165) is 12.1 Å². The Morgan fingerprint density at radius 3 is 2.43 bits per heavy atom. The molecule has 6 nitrogen and oxygen atoms in total. The fraction of sp³-hybridized carbons (Fsp3) is 0.417. The highest BCUT2D eigenvalue weighted by Gasteiger charge is 2.44. The summed E-state index contributed by atoms with van der Waals surface area (Å²) >= 11 is 0. The van der Waals surface area contributed by atoms with E-state index >= 15 is 0 Å². The van der Waals surface area contributed by atoms with Gasteiger partial charge in [-0.1, -0.05) is 0 Å². The topological polar surface area (TPSA) is 92.7 Å². The van der Waals surface area contributed by atoms with Crippen molar-refractivity contribution in [1.29, 1.82) is 0 Å². The summed E-state index contributed by atoms with van der Waals surface area (Å²) < 4.78 is 57.8. The molecule has 0 saturated carbocycles. The number of halogens is 2. The van der Waals surface area contributed by atoms with Crippen LogP contribution in [0.3, 0.4) is 0 Å². The van der Waals surface area contributed by atoms with E-state index < -0.39 is 38.1 Å². The van der Waals surface area contributed by atoms with Crippen LogP contribution in [0.2, 0.25) is 0 Å². The van der Waals surface area contributed by atoms with Crippen molar-refractivity contribution in [2.45, 2.75) is 23.3 Å². The summed E-state index contributed by atoms with van der Waals surface area (Å²) in [5.74, 6) is -3.57. The lowest BCUT2D eigenvalue weighted by Gasteiger charge is -2.33. The van der Waals surface area contributed by atoms with Crippen molar-refractivity contribution in [3.8, 4) is 0 Å². The van der Waals surface area contributed by atoms with Gasteiger partial charge in [0.1, 0.15) is 22.1 Å². The van der Waals surface area contributed by atoms with Crippen LogP contribution in [0.15, 0.2) is 23.1 Å². The van der Waals surface area contributed by atoms with Crippen molar-refractivity contribution >= 4 is 16.0 Å². The maximum Gasteiger partial charge on any atom is 0.325 e. The molecule has 0 spiro atoms. The molecule has 0 unspecified atom stereocenters. The maximum absolute atomic E-state index is 13.6. The van der Waals surface area contributed by atoms with E-state index in [1.54, 1.807) is 0 Å². The predicted octanol–water partition coefficient (Wildman–Crippen LogP) is 0.877. The SMILES string of the molecule is O=C(O)C1(NS(=O)(=O)c2ccc(F)cc2F)CCOCC1. The molecule has 2 rings (SSSR count). The summed E-state index contributed by atoms with van der Waals surface area (Å²) in [6.07, 6.45) is -0.158. The zero-order valence-corrected chi connectivity index (χ0v) is 11.6. The van der Waals surface area contributed by atoms with Gasteiger partial charge in [0.25, 0.3) is 0 Å². The molecule has 0 aliphatic carbocycles. The van der Waals surface area contributed by atoms with E-state index in [4.69, 9.17) is 4.74 Å². The molecule has 1 aliphatic rings. The number of hydrogen-bond acceptors (Lipinski definition) is 4. The molecule has 0 bridgehead atoms. The first kappa shape index (κ1) is 15.8. The molecule has 2 N–H and O–H groups in total. The Hall–Kier alpha value is -1.58. The third-order valence-electron chi connectivity index (χ3n) is 3.27. The highest BCUT2D eigenvalue weighted by molar-refractivity contribution is 7.89. The molecule has 0 atom stereocenters. The number of carbonyl (C=O) groups is 1. The van der Waals surface area contributed by atoms with E-state index in [-0.39, 0.29) is 26.1 Å². The van der Waals surface area contributed by atoms with E-state index in [2.05, 4.69) is 0 Å². The predicted molar refractivity (Wildman–Crippen MR) is 67.1 cm³/mol. The first-order valence-corrected chi connectivity index (χ1v) is 7.55. The number of hydrogen-bond donors (Lipinski definition) is 2. The third kappa shape index (κ3) is 3.20. The average Bonchev–Trinajstić information content (AvgIpc) is 2.38. The minimum Gasteiger partial charge on any atom is -0.480 e. The van der Waals surface area contributed by atoms with E-state index in [0.29, 0.717) is 6.07 Å². The standard InChI is InChI=1S/C12H13F2NO5S/c13-8-1-2-10(9(14)7-8)21(18,19)15-12(11(16)17)3-5-20-6-4-12/h1-2,7,15H,3-6H2,(H,16,17). The van der Waals surface area contributed by atoms with Gasteiger partial charge >= 0.3 is 5.97 Å². The largest absolute Gasteiger partial charge is 0.480 e. The monoisotopic (exact) mass is 321 g/mol. The van der Waals surface area contributed by atoms with Crippen LogP contribution in [0, 0.1) is 11.6 Å². The number of rotatable bonds is 4. The molecule has 1 aliphatic heterocycles. The second kappa shape index (κ2) is 5.66. The van der Waals surface area contributed by atoms with Crippen molar-refractivity contribution in [1.82, 2.24) is 4.72 Å². The molecular formula is C12H13F2NO5S. The van der Waals surface area contributed by atoms with E-state index in [1.165, 1.54) is 0 Å². The lowest BCUT2D eigenvalue weighted by atomic mass is 9.92. The first-order valence-electron chi connectivity index (χ1n) is 6.07. The maximum atomic E-state index is 13.6. The Morgan fingerprint density at radius 1 is 1.29 bits per heavy atom. The molecule has 1 fully saturated rings. The van der Waals surface area contributed by atoms with Crippen LogP contribution >= 0.6 is 0 Å². The Labute approximate surface area is 119 Å². The minimum atomic E-state index is -4.44. The van der Waals surface area contributed by atoms with Gasteiger partial charge in [0.05, 0.1) is 0 Å². The molecule has 21 heavy (non-hydrogen) atoms. The number of ether oxygens (including phenoxy) is 1. The Bertz CT molecular complexity index is 656. The molecule has 0 aromatic heterocycles.